The van der Waals surface area contributed by atoms with Crippen molar-refractivity contribution in [1.29, 1.82) is 5.26 Å². The number of imidazole rings is 1. The van der Waals surface area contributed by atoms with Crippen LogP contribution in [0.4, 0.5) is 22.1 Å². The highest BCUT2D eigenvalue weighted by Crippen LogP contribution is 2.64. The summed E-state index contributed by atoms with van der Waals surface area (Å²) in [5.41, 5.74) is 1.79. The molecule has 0 bridgehead atoms. The van der Waals surface area contributed by atoms with Crippen molar-refractivity contribution in [3.05, 3.63) is 163 Å². The molecule has 5 aromatic carbocycles. The minimum Gasteiger partial charge on any atom is -0.497 e. The molecule has 8 rings (SSSR count). The molecule has 1 unspecified atom stereocenters. The van der Waals surface area contributed by atoms with Gasteiger partial charge in [-0.2, -0.15) is 19.8 Å². The Morgan fingerprint density at radius 1 is 0.778 bits per heavy atom. The number of hydrogen-bond donors (Lipinski definition) is 2. The molecule has 0 radical (unpaired) electrons. The number of carbonyl (C=O) groups excluding carboxylic acids is 3. The van der Waals surface area contributed by atoms with E-state index < -0.39 is 61.9 Å². The number of benzene rings is 5. The molecule has 2 N–H and O–H groups in total. The van der Waals surface area contributed by atoms with Crippen molar-refractivity contribution < 1.29 is 52.2 Å². The normalized spacial score (nSPS) is 17.0. The molecule has 81 heavy (non-hydrogen) atoms. The highest BCUT2D eigenvalue weighted by atomic mass is 31.2. The number of nitrogens with zero attached hydrogens (tertiary/aromatic N) is 7. The Bertz CT molecular complexity index is 3160. The summed E-state index contributed by atoms with van der Waals surface area (Å²) < 4.78 is 49.1. The number of ether oxygens (including phenoxy) is 6. The molecule has 0 aliphatic carbocycles. The van der Waals surface area contributed by atoms with E-state index in [4.69, 9.17) is 42.9 Å². The van der Waals surface area contributed by atoms with Crippen molar-refractivity contribution in [2.75, 3.05) is 37.2 Å². The molecular weight excluding hydrogens is 1050 g/mol. The zero-order valence-corrected chi connectivity index (χ0v) is 47.9. The Labute approximate surface area is 473 Å². The second kappa shape index (κ2) is 26.6. The number of anilines is 3. The predicted molar refractivity (Wildman–Crippen MR) is 308 cm³/mol. The average Bonchev–Trinajstić information content (AvgIpc) is 4.17. The number of carbonyl (C=O) groups is 3. The molecule has 1 saturated heterocycles. The van der Waals surface area contributed by atoms with Crippen LogP contribution in [0.5, 0.6) is 17.4 Å². The van der Waals surface area contributed by atoms with Crippen LogP contribution < -0.4 is 24.4 Å². The van der Waals surface area contributed by atoms with E-state index in [-0.39, 0.29) is 60.7 Å². The minimum atomic E-state index is -3.82. The summed E-state index contributed by atoms with van der Waals surface area (Å²) in [5, 5.41) is 12.8. The number of esters is 1. The van der Waals surface area contributed by atoms with Gasteiger partial charge in [-0.3, -0.25) is 19.5 Å². The Morgan fingerprint density at radius 2 is 1.32 bits per heavy atom. The standard InChI is InChI=1S/C61H69N8O11P/c1-10-21-51(70)78-54-53(80-81(73,37-20-36-62)69(41(4)5)42(6)7)50(38-76-61(43-22-14-11-15-23-43,44-28-32-48(74-8)33-29-44)45-30-34-49(75-9)35-31-45)77-58(54)67-39-63-52-55(67)64-59(65-56(71)40(2)3)66-57(52)79-60(72)68(46-24-16-12-17-25-46)47-26-18-13-19-27-47/h11-19,22-35,39-42,50,53-54,58,73H,10,20-21,37-38H2,1-9H3/p+1/t50-,53-,54-,58-,81?/m1/s1. The summed E-state index contributed by atoms with van der Waals surface area (Å²) in [6, 6.07) is 44.2. The molecule has 20 heteroatoms. The van der Waals surface area contributed by atoms with E-state index in [9.17, 15) is 24.5 Å². The number of rotatable bonds is 24. The van der Waals surface area contributed by atoms with Crippen molar-refractivity contribution >= 4 is 54.3 Å². The van der Waals surface area contributed by atoms with Gasteiger partial charge in [0.2, 0.25) is 11.9 Å². The van der Waals surface area contributed by atoms with Gasteiger partial charge in [0.15, 0.2) is 29.6 Å². The van der Waals surface area contributed by atoms with Gasteiger partial charge >= 0.3 is 19.9 Å². The lowest BCUT2D eigenvalue weighted by Crippen LogP contribution is -2.46. The molecule has 19 nitrogen and oxygen atoms in total. The van der Waals surface area contributed by atoms with Crippen LogP contribution >= 0.6 is 7.87 Å². The first-order valence-corrected chi connectivity index (χ1v) is 28.8. The van der Waals surface area contributed by atoms with Gasteiger partial charge < -0.3 is 28.4 Å². The van der Waals surface area contributed by atoms with Crippen LogP contribution in [0.1, 0.15) is 90.6 Å². The van der Waals surface area contributed by atoms with Gasteiger partial charge in [0.1, 0.15) is 29.4 Å². The number of amides is 2. The van der Waals surface area contributed by atoms with Crippen molar-refractivity contribution in [3.8, 4) is 23.4 Å². The minimum absolute atomic E-state index is 0.00955. The first kappa shape index (κ1) is 59.3. The highest BCUT2D eigenvalue weighted by molar-refractivity contribution is 7.63. The molecule has 2 aromatic heterocycles. The van der Waals surface area contributed by atoms with E-state index in [1.165, 1.54) is 15.8 Å². The van der Waals surface area contributed by atoms with Crippen LogP contribution in [0, 0.1) is 17.2 Å². The Balaban J connectivity index is 1.33. The van der Waals surface area contributed by atoms with E-state index in [1.54, 1.807) is 76.6 Å². The van der Waals surface area contributed by atoms with E-state index in [0.29, 0.717) is 29.3 Å². The van der Waals surface area contributed by atoms with E-state index in [1.807, 2.05) is 130 Å². The molecule has 1 aliphatic heterocycles. The van der Waals surface area contributed by atoms with Crippen LogP contribution in [-0.4, -0.2) is 104 Å². The number of aromatic nitrogens is 4. The molecule has 7 aromatic rings. The Morgan fingerprint density at radius 3 is 1.83 bits per heavy atom. The van der Waals surface area contributed by atoms with Gasteiger partial charge in [-0.1, -0.05) is 112 Å². The third-order valence-corrected chi connectivity index (χ3v) is 16.7. The van der Waals surface area contributed by atoms with Crippen molar-refractivity contribution in [3.63, 3.8) is 0 Å². The van der Waals surface area contributed by atoms with Gasteiger partial charge in [0.05, 0.1) is 51.0 Å². The molecule has 0 spiro atoms. The molecule has 424 valence electrons. The zero-order chi connectivity index (χ0) is 57.8. The average molecular weight is 1120 g/mol. The Kier molecular flexibility index (Phi) is 19.5. The van der Waals surface area contributed by atoms with Crippen LogP contribution in [-0.2, 0) is 33.9 Å². The van der Waals surface area contributed by atoms with Crippen molar-refractivity contribution in [1.82, 2.24) is 24.2 Å². The number of para-hydroxylation sites is 2. The fourth-order valence-corrected chi connectivity index (χ4v) is 13.0. The lowest BCUT2D eigenvalue weighted by molar-refractivity contribution is -0.158. The quantitative estimate of drug-likeness (QED) is 0.0326. The van der Waals surface area contributed by atoms with Gasteiger partial charge in [-0.05, 0) is 99.3 Å². The van der Waals surface area contributed by atoms with E-state index in [2.05, 4.69) is 16.4 Å². The second-order valence-electron chi connectivity index (χ2n) is 20.2. The van der Waals surface area contributed by atoms with Gasteiger partial charge in [-0.15, -0.1) is 4.67 Å². The van der Waals surface area contributed by atoms with Crippen LogP contribution in [0.15, 0.2) is 146 Å². The number of methoxy groups -OCH3 is 2. The topological polar surface area (TPSA) is 222 Å². The maximum absolute atomic E-state index is 14.6. The van der Waals surface area contributed by atoms with Gasteiger partial charge in [-0.25, -0.2) is 19.6 Å². The number of hydrogen-bond acceptors (Lipinski definition) is 16. The van der Waals surface area contributed by atoms with Crippen LogP contribution in [0.25, 0.3) is 11.2 Å². The SMILES string of the molecule is CCCC(=O)O[C@@H]1[C@H](O[P+](O)(CCC#N)N(C(C)C)C(C)C)[C@@H](COC(c2ccccc2)(c2ccc(OC)cc2)c2ccc(OC)cc2)O[C@H]1n1cnc2c(OC(=O)N(c3ccccc3)c3ccccc3)nc(NC(=O)C(C)C)nc21. The summed E-state index contributed by atoms with van der Waals surface area (Å²) in [4.78, 5) is 70.9. The molecule has 2 amide bonds. The summed E-state index contributed by atoms with van der Waals surface area (Å²) in [5.74, 6) is -0.830. The van der Waals surface area contributed by atoms with Crippen LogP contribution in [0.2, 0.25) is 0 Å². The fraction of sp³-hybridized carbons (Fsp3) is 0.361. The first-order valence-electron chi connectivity index (χ1n) is 27.0. The predicted octanol–water partition coefficient (Wildman–Crippen LogP) is 11.6. The van der Waals surface area contributed by atoms with Crippen LogP contribution in [0.3, 0.4) is 0 Å². The maximum atomic E-state index is 14.6. The second-order valence-corrected chi connectivity index (χ2v) is 22.7. The monoisotopic (exact) mass is 1120 g/mol. The smallest absolute Gasteiger partial charge is 0.425 e. The maximum Gasteiger partial charge on any atom is 0.425 e. The third-order valence-electron chi connectivity index (χ3n) is 13.7. The zero-order valence-electron chi connectivity index (χ0n) is 47.0. The summed E-state index contributed by atoms with van der Waals surface area (Å²) in [6.07, 6.45) is -4.36. The van der Waals surface area contributed by atoms with Gasteiger partial charge in [0.25, 0.3) is 5.88 Å². The van der Waals surface area contributed by atoms with E-state index >= 15 is 0 Å². The lowest BCUT2D eigenvalue weighted by atomic mass is 9.80. The third kappa shape index (κ3) is 13.2. The Hall–Kier alpha value is -7.82. The lowest BCUT2D eigenvalue weighted by Gasteiger charge is -2.39. The fourth-order valence-electron chi connectivity index (χ4n) is 10.0. The van der Waals surface area contributed by atoms with E-state index in [0.717, 1.165) is 16.7 Å². The van der Waals surface area contributed by atoms with Crippen molar-refractivity contribution in [2.24, 2.45) is 5.92 Å². The molecule has 1 aliphatic rings. The molecule has 3 heterocycles. The number of fused-ring (bicyclic) bond motifs is 1. The largest absolute Gasteiger partial charge is 0.497 e. The summed E-state index contributed by atoms with van der Waals surface area (Å²) >= 11 is 0. The highest BCUT2D eigenvalue weighted by Gasteiger charge is 2.59. The number of nitriles is 1. The van der Waals surface area contributed by atoms with Gasteiger partial charge in [0, 0.05) is 24.4 Å². The molecular formula is C61H70N8O11P+. The first-order chi connectivity index (χ1) is 39.0. The molecule has 1 fully saturated rings. The molecule has 5 atom stereocenters. The summed E-state index contributed by atoms with van der Waals surface area (Å²) in [7, 11) is -0.638. The van der Waals surface area contributed by atoms with Crippen molar-refractivity contribution in [2.45, 2.75) is 110 Å². The molecule has 0 saturated carbocycles. The summed E-state index contributed by atoms with van der Waals surface area (Å²) in [6.45, 7) is 12.7. The number of nitrogens with one attached hydrogen (secondary N) is 1.